The molecule has 1 N–H and O–H groups in total. The molecule has 0 aliphatic heterocycles. The van der Waals surface area contributed by atoms with Gasteiger partial charge in [0.25, 0.3) is 0 Å². The van der Waals surface area contributed by atoms with Crippen molar-refractivity contribution in [3.63, 3.8) is 0 Å². The molecule has 2 amide bonds. The van der Waals surface area contributed by atoms with Crippen molar-refractivity contribution >= 4 is 34.5 Å². The fraction of sp³-hybridized carbons (Fsp3) is 0.407. The number of carbonyl (C=O) groups excluding carboxylic acids is 2. The van der Waals surface area contributed by atoms with Gasteiger partial charge in [-0.1, -0.05) is 49.6 Å². The second-order valence-electron chi connectivity index (χ2n) is 8.57. The molecule has 2 heterocycles. The first-order valence-electron chi connectivity index (χ1n) is 12.0. The monoisotopic (exact) mass is 496 g/mol. The Labute approximate surface area is 209 Å². The van der Waals surface area contributed by atoms with Gasteiger partial charge in [0.1, 0.15) is 11.8 Å². The highest BCUT2D eigenvalue weighted by molar-refractivity contribution is 7.10. The van der Waals surface area contributed by atoms with Crippen molar-refractivity contribution in [2.75, 3.05) is 6.61 Å². The Hall–Kier alpha value is -2.64. The van der Waals surface area contributed by atoms with E-state index >= 15 is 0 Å². The summed E-state index contributed by atoms with van der Waals surface area (Å²) in [4.78, 5) is 31.4. The van der Waals surface area contributed by atoms with E-state index in [9.17, 15) is 9.59 Å². The Morgan fingerprint density at radius 2 is 1.71 bits per heavy atom. The van der Waals surface area contributed by atoms with Gasteiger partial charge in [-0.25, -0.2) is 0 Å². The maximum atomic E-state index is 13.9. The number of amides is 2. The van der Waals surface area contributed by atoms with Crippen LogP contribution in [0.4, 0.5) is 0 Å². The van der Waals surface area contributed by atoms with Gasteiger partial charge in [0.2, 0.25) is 11.8 Å². The largest absolute Gasteiger partial charge is 0.494 e. The van der Waals surface area contributed by atoms with Gasteiger partial charge in [0, 0.05) is 21.4 Å². The molecule has 4 rings (SSSR count). The summed E-state index contributed by atoms with van der Waals surface area (Å²) in [7, 11) is 0. The topological polar surface area (TPSA) is 58.6 Å². The molecule has 0 bridgehead atoms. The number of benzene rings is 1. The lowest BCUT2D eigenvalue weighted by atomic mass is 9.94. The molecular weight excluding hydrogens is 464 g/mol. The summed E-state index contributed by atoms with van der Waals surface area (Å²) in [6, 6.07) is 14.9. The maximum absolute atomic E-state index is 13.9. The lowest BCUT2D eigenvalue weighted by Gasteiger charge is -2.34. The molecule has 0 unspecified atom stereocenters. The average molecular weight is 497 g/mol. The molecule has 1 aromatic carbocycles. The van der Waals surface area contributed by atoms with E-state index in [0.29, 0.717) is 18.9 Å². The fourth-order valence-corrected chi connectivity index (χ4v) is 5.93. The van der Waals surface area contributed by atoms with E-state index in [1.54, 1.807) is 27.6 Å². The van der Waals surface area contributed by atoms with E-state index in [1.165, 1.54) is 6.42 Å². The second kappa shape index (κ2) is 12.2. The zero-order chi connectivity index (χ0) is 23.8. The maximum Gasteiger partial charge on any atom is 0.247 e. The van der Waals surface area contributed by atoms with Crippen LogP contribution in [0.25, 0.3) is 0 Å². The molecule has 0 radical (unpaired) electrons. The van der Waals surface area contributed by atoms with E-state index in [4.69, 9.17) is 4.74 Å². The Bertz CT molecular complexity index is 1040. The average Bonchev–Trinajstić information content (AvgIpc) is 3.55. The van der Waals surface area contributed by atoms with Gasteiger partial charge < -0.3 is 15.0 Å². The molecule has 180 valence electrons. The van der Waals surface area contributed by atoms with Crippen molar-refractivity contribution < 1.29 is 14.3 Å². The van der Waals surface area contributed by atoms with E-state index in [0.717, 1.165) is 41.0 Å². The van der Waals surface area contributed by atoms with Gasteiger partial charge in [-0.3, -0.25) is 9.59 Å². The number of ether oxygens (including phenoxy) is 1. The summed E-state index contributed by atoms with van der Waals surface area (Å²) in [5.41, 5.74) is 0.730. The summed E-state index contributed by atoms with van der Waals surface area (Å²) in [5.74, 6) is 0.454. The summed E-state index contributed by atoms with van der Waals surface area (Å²) < 4.78 is 5.92. The van der Waals surface area contributed by atoms with Crippen molar-refractivity contribution in [2.45, 2.75) is 64.1 Å². The van der Waals surface area contributed by atoms with Crippen LogP contribution >= 0.6 is 22.7 Å². The highest BCUT2D eigenvalue weighted by Crippen LogP contribution is 2.33. The molecule has 3 aromatic rings. The van der Waals surface area contributed by atoms with Gasteiger partial charge in [0.15, 0.2) is 0 Å². The molecule has 0 saturated heterocycles. The van der Waals surface area contributed by atoms with Gasteiger partial charge >= 0.3 is 0 Å². The number of carbonyl (C=O) groups is 2. The smallest absolute Gasteiger partial charge is 0.247 e. The van der Waals surface area contributed by atoms with Crippen LogP contribution in [0.1, 0.15) is 60.4 Å². The third-order valence-corrected chi connectivity index (χ3v) is 7.89. The Morgan fingerprint density at radius 1 is 1.00 bits per heavy atom. The molecule has 1 saturated carbocycles. The number of hydrogen-bond acceptors (Lipinski definition) is 5. The van der Waals surface area contributed by atoms with Crippen LogP contribution in [0.5, 0.6) is 5.75 Å². The molecule has 34 heavy (non-hydrogen) atoms. The van der Waals surface area contributed by atoms with Gasteiger partial charge in [-0.15, -0.1) is 22.7 Å². The van der Waals surface area contributed by atoms with Crippen LogP contribution in [0.3, 0.4) is 0 Å². The van der Waals surface area contributed by atoms with Gasteiger partial charge in [0.05, 0.1) is 19.6 Å². The predicted octanol–water partition coefficient (Wildman–Crippen LogP) is 5.97. The summed E-state index contributed by atoms with van der Waals surface area (Å²) in [5, 5.41) is 7.26. The van der Waals surface area contributed by atoms with Crippen LogP contribution < -0.4 is 10.1 Å². The molecule has 1 fully saturated rings. The van der Waals surface area contributed by atoms with E-state index < -0.39 is 6.04 Å². The van der Waals surface area contributed by atoms with E-state index in [2.05, 4.69) is 5.32 Å². The van der Waals surface area contributed by atoms with Crippen LogP contribution in [0.15, 0.2) is 59.3 Å². The van der Waals surface area contributed by atoms with E-state index in [-0.39, 0.29) is 24.3 Å². The SMILES string of the molecule is CCOc1ccccc1[C@H](C(=O)NC1CCCCC1)N(Cc1cccs1)C(=O)Cc1cccs1. The minimum atomic E-state index is -0.765. The van der Waals surface area contributed by atoms with Crippen molar-refractivity contribution in [2.24, 2.45) is 0 Å². The first-order valence-corrected chi connectivity index (χ1v) is 13.8. The van der Waals surface area contributed by atoms with Gasteiger partial charge in [-0.05, 0) is 48.7 Å². The molecule has 0 spiro atoms. The lowest BCUT2D eigenvalue weighted by molar-refractivity contribution is -0.141. The molecule has 1 atom stereocenters. The number of para-hydroxylation sites is 1. The predicted molar refractivity (Wildman–Crippen MR) is 138 cm³/mol. The molecule has 7 heteroatoms. The first-order chi connectivity index (χ1) is 16.7. The molecule has 2 aromatic heterocycles. The van der Waals surface area contributed by atoms with Crippen molar-refractivity contribution in [1.82, 2.24) is 10.2 Å². The third kappa shape index (κ3) is 6.27. The van der Waals surface area contributed by atoms with Gasteiger partial charge in [-0.2, -0.15) is 0 Å². The van der Waals surface area contributed by atoms with Crippen LogP contribution in [0, 0.1) is 0 Å². The molecular formula is C27H32N2O3S2. The van der Waals surface area contributed by atoms with Crippen molar-refractivity contribution in [1.29, 1.82) is 0 Å². The second-order valence-corrected chi connectivity index (χ2v) is 10.6. The molecule has 5 nitrogen and oxygen atoms in total. The zero-order valence-corrected chi connectivity index (χ0v) is 21.2. The standard InChI is InChI=1S/C27H32N2O3S2/c1-2-32-24-15-7-6-14-23(24)26(27(31)28-20-10-4-3-5-11-20)29(19-22-13-9-17-34-22)25(30)18-21-12-8-16-33-21/h6-9,12-17,20,26H,2-5,10-11,18-19H2,1H3,(H,28,31)/t26-/m1/s1. The van der Waals surface area contributed by atoms with Crippen LogP contribution in [-0.2, 0) is 22.6 Å². The number of rotatable bonds is 10. The number of thiophene rings is 2. The van der Waals surface area contributed by atoms with Crippen molar-refractivity contribution in [3.05, 3.63) is 74.6 Å². The van der Waals surface area contributed by atoms with E-state index in [1.807, 2.05) is 66.2 Å². The Morgan fingerprint density at radius 3 is 2.38 bits per heavy atom. The quantitative estimate of drug-likeness (QED) is 0.376. The minimum Gasteiger partial charge on any atom is -0.494 e. The number of nitrogens with one attached hydrogen (secondary N) is 1. The summed E-state index contributed by atoms with van der Waals surface area (Å²) in [6.45, 7) is 2.80. The Balaban J connectivity index is 1.71. The zero-order valence-electron chi connectivity index (χ0n) is 19.6. The minimum absolute atomic E-state index is 0.0639. The highest BCUT2D eigenvalue weighted by atomic mass is 32.1. The van der Waals surface area contributed by atoms with Crippen molar-refractivity contribution in [3.8, 4) is 5.75 Å². The fourth-order valence-electron chi connectivity index (χ4n) is 4.53. The van der Waals surface area contributed by atoms with Crippen LogP contribution in [0.2, 0.25) is 0 Å². The third-order valence-electron chi connectivity index (χ3n) is 6.16. The lowest BCUT2D eigenvalue weighted by Crippen LogP contribution is -2.47. The van der Waals surface area contributed by atoms with Crippen LogP contribution in [-0.4, -0.2) is 29.4 Å². The number of hydrogen-bond donors (Lipinski definition) is 1. The molecule has 1 aliphatic carbocycles. The summed E-state index contributed by atoms with van der Waals surface area (Å²) >= 11 is 3.16. The number of nitrogens with zero attached hydrogens (tertiary/aromatic N) is 1. The Kier molecular flexibility index (Phi) is 8.77. The normalized spacial score (nSPS) is 15.0. The summed E-state index contributed by atoms with van der Waals surface area (Å²) in [6.07, 6.45) is 5.71. The first kappa shape index (κ1) is 24.5. The highest BCUT2D eigenvalue weighted by Gasteiger charge is 2.35. The molecule has 1 aliphatic rings.